The molecule has 6 aromatic rings. The van der Waals surface area contributed by atoms with Crippen LogP contribution in [0.2, 0.25) is 0 Å². The molecule has 208 valence electrons. The van der Waals surface area contributed by atoms with Gasteiger partial charge in [-0.1, -0.05) is 72.8 Å². The Kier molecular flexibility index (Phi) is 8.05. The number of hydrogen-bond acceptors (Lipinski definition) is 5. The van der Waals surface area contributed by atoms with Crippen LogP contribution in [-0.4, -0.2) is 11.9 Å². The summed E-state index contributed by atoms with van der Waals surface area (Å²) in [5, 5.41) is 0. The van der Waals surface area contributed by atoms with Crippen molar-refractivity contribution in [2.24, 2.45) is 0 Å². The second-order valence-corrected chi connectivity index (χ2v) is 9.78. The molecule has 0 heterocycles. The molecule has 0 spiro atoms. The van der Waals surface area contributed by atoms with Crippen molar-refractivity contribution in [3.8, 4) is 0 Å². The number of esters is 2. The zero-order chi connectivity index (χ0) is 29.4. The Morgan fingerprint density at radius 1 is 0.326 bits per heavy atom. The predicted octanol–water partition coefficient (Wildman–Crippen LogP) is 9.62. The van der Waals surface area contributed by atoms with Crippen LogP contribution in [0.25, 0.3) is 0 Å². The fraction of sp³-hybridized carbons (Fsp3) is 0. The highest BCUT2D eigenvalue weighted by atomic mass is 16.6. The van der Waals surface area contributed by atoms with Crippen LogP contribution in [0, 0.1) is 0 Å². The first-order valence-corrected chi connectivity index (χ1v) is 13.9. The van der Waals surface area contributed by atoms with Gasteiger partial charge in [-0.05, 0) is 97.1 Å². The lowest BCUT2D eigenvalue weighted by atomic mass is 10.1. The van der Waals surface area contributed by atoms with E-state index in [1.54, 1.807) is 24.3 Å². The van der Waals surface area contributed by atoms with E-state index in [-0.39, 0.29) is 11.1 Å². The number of hydrogen-bond donors (Lipinski definition) is 0. The molecule has 0 unspecified atom stereocenters. The van der Waals surface area contributed by atoms with Gasteiger partial charge in [-0.25, -0.2) is 9.59 Å². The number of para-hydroxylation sites is 4. The Hall–Kier alpha value is -5.94. The molecule has 0 saturated heterocycles. The van der Waals surface area contributed by atoms with Crippen molar-refractivity contribution < 1.29 is 14.3 Å². The maximum Gasteiger partial charge on any atom is 0.346 e. The lowest BCUT2D eigenvalue weighted by molar-refractivity contribution is 0.0398. The van der Waals surface area contributed by atoms with Crippen LogP contribution in [0.1, 0.15) is 20.7 Å². The fourth-order valence-corrected chi connectivity index (χ4v) is 4.90. The molecule has 0 bridgehead atoms. The van der Waals surface area contributed by atoms with Crippen LogP contribution in [0.4, 0.5) is 34.1 Å². The molecular formula is C38H28N2O3. The number of benzene rings is 6. The molecule has 6 rings (SSSR count). The van der Waals surface area contributed by atoms with E-state index in [0.717, 1.165) is 34.1 Å². The number of rotatable bonds is 8. The molecule has 0 fully saturated rings. The van der Waals surface area contributed by atoms with Crippen LogP contribution in [0.15, 0.2) is 170 Å². The number of anilines is 6. The Morgan fingerprint density at radius 2 is 0.558 bits per heavy atom. The van der Waals surface area contributed by atoms with Gasteiger partial charge in [0.05, 0.1) is 11.1 Å². The molecule has 6 aromatic carbocycles. The summed E-state index contributed by atoms with van der Waals surface area (Å²) in [5.41, 5.74) is 6.26. The zero-order valence-electron chi connectivity index (χ0n) is 23.3. The maximum atomic E-state index is 12.9. The first-order valence-electron chi connectivity index (χ1n) is 13.9. The van der Waals surface area contributed by atoms with E-state index >= 15 is 0 Å². The highest BCUT2D eigenvalue weighted by Crippen LogP contribution is 2.35. The van der Waals surface area contributed by atoms with Crippen molar-refractivity contribution >= 4 is 46.1 Å². The highest BCUT2D eigenvalue weighted by molar-refractivity contribution is 6.03. The molecule has 0 amide bonds. The van der Waals surface area contributed by atoms with Gasteiger partial charge in [-0.15, -0.1) is 0 Å². The number of carbonyl (C=O) groups excluding carboxylic acids is 2. The fourth-order valence-electron chi connectivity index (χ4n) is 4.90. The van der Waals surface area contributed by atoms with E-state index in [0.29, 0.717) is 0 Å². The first kappa shape index (κ1) is 27.2. The largest absolute Gasteiger partial charge is 0.386 e. The lowest BCUT2D eigenvalue weighted by Gasteiger charge is -2.25. The maximum absolute atomic E-state index is 12.9. The number of nitrogens with zero attached hydrogens (tertiary/aromatic N) is 2. The summed E-state index contributed by atoms with van der Waals surface area (Å²) < 4.78 is 5.26. The summed E-state index contributed by atoms with van der Waals surface area (Å²) in [6, 6.07) is 54.0. The molecule has 0 radical (unpaired) electrons. The van der Waals surface area contributed by atoms with Gasteiger partial charge in [0, 0.05) is 34.1 Å². The molecule has 0 aliphatic heterocycles. The van der Waals surface area contributed by atoms with Gasteiger partial charge in [0.2, 0.25) is 0 Å². The predicted molar refractivity (Wildman–Crippen MR) is 172 cm³/mol. The average Bonchev–Trinajstić information content (AvgIpc) is 3.07. The molecule has 0 atom stereocenters. The molecule has 43 heavy (non-hydrogen) atoms. The van der Waals surface area contributed by atoms with Gasteiger partial charge < -0.3 is 14.5 Å². The van der Waals surface area contributed by atoms with Crippen LogP contribution < -0.4 is 9.80 Å². The van der Waals surface area contributed by atoms with Crippen molar-refractivity contribution in [1.29, 1.82) is 0 Å². The van der Waals surface area contributed by atoms with E-state index < -0.39 is 11.9 Å². The van der Waals surface area contributed by atoms with Gasteiger partial charge in [0.25, 0.3) is 0 Å². The van der Waals surface area contributed by atoms with Gasteiger partial charge in [-0.2, -0.15) is 0 Å². The summed E-state index contributed by atoms with van der Waals surface area (Å²) >= 11 is 0. The van der Waals surface area contributed by atoms with E-state index in [4.69, 9.17) is 4.74 Å². The summed E-state index contributed by atoms with van der Waals surface area (Å²) in [4.78, 5) is 30.0. The van der Waals surface area contributed by atoms with Crippen molar-refractivity contribution in [2.45, 2.75) is 0 Å². The van der Waals surface area contributed by atoms with E-state index in [9.17, 15) is 9.59 Å². The third kappa shape index (κ3) is 6.21. The zero-order valence-corrected chi connectivity index (χ0v) is 23.3. The van der Waals surface area contributed by atoms with E-state index in [1.807, 2.05) is 146 Å². The van der Waals surface area contributed by atoms with Crippen molar-refractivity contribution in [2.75, 3.05) is 9.80 Å². The minimum atomic E-state index is -0.707. The third-order valence-electron chi connectivity index (χ3n) is 6.97. The Balaban J connectivity index is 1.18. The van der Waals surface area contributed by atoms with Gasteiger partial charge in [0.15, 0.2) is 0 Å². The lowest BCUT2D eigenvalue weighted by Crippen LogP contribution is -2.14. The minimum Gasteiger partial charge on any atom is -0.386 e. The second-order valence-electron chi connectivity index (χ2n) is 9.78. The summed E-state index contributed by atoms with van der Waals surface area (Å²) in [6.07, 6.45) is 0. The van der Waals surface area contributed by atoms with Crippen LogP contribution in [0.5, 0.6) is 0 Å². The summed E-state index contributed by atoms with van der Waals surface area (Å²) in [6.45, 7) is 0. The van der Waals surface area contributed by atoms with Crippen LogP contribution in [-0.2, 0) is 4.74 Å². The van der Waals surface area contributed by atoms with E-state index in [1.165, 1.54) is 0 Å². The monoisotopic (exact) mass is 560 g/mol. The second kappa shape index (κ2) is 12.7. The minimum absolute atomic E-state index is 0.286. The average molecular weight is 561 g/mol. The van der Waals surface area contributed by atoms with E-state index in [2.05, 4.69) is 9.80 Å². The molecule has 5 nitrogen and oxygen atoms in total. The van der Waals surface area contributed by atoms with Crippen molar-refractivity contribution in [3.63, 3.8) is 0 Å². The Morgan fingerprint density at radius 3 is 0.814 bits per heavy atom. The topological polar surface area (TPSA) is 49.9 Å². The quantitative estimate of drug-likeness (QED) is 0.137. The number of carbonyl (C=O) groups is 2. The molecular weight excluding hydrogens is 532 g/mol. The molecule has 0 N–H and O–H groups in total. The standard InChI is InChI=1S/C38H28N2O3/c41-37(29-21-25-35(26-22-29)39(31-13-5-1-6-14-31)32-15-7-2-8-16-32)43-38(42)30-23-27-36(28-24-30)40(33-17-9-3-10-18-33)34-19-11-4-12-20-34/h1-28H. The Bertz CT molecular complexity index is 1580. The summed E-state index contributed by atoms with van der Waals surface area (Å²) in [5.74, 6) is -1.41. The van der Waals surface area contributed by atoms with Gasteiger partial charge in [0.1, 0.15) is 0 Å². The Labute approximate surface area is 250 Å². The van der Waals surface area contributed by atoms with Gasteiger partial charge in [-0.3, -0.25) is 0 Å². The normalized spacial score (nSPS) is 10.5. The molecule has 0 aliphatic carbocycles. The molecule has 5 heteroatoms. The molecule has 0 saturated carbocycles. The summed E-state index contributed by atoms with van der Waals surface area (Å²) in [7, 11) is 0. The smallest absolute Gasteiger partial charge is 0.346 e. The third-order valence-corrected chi connectivity index (χ3v) is 6.97. The molecule has 0 aliphatic rings. The van der Waals surface area contributed by atoms with Crippen molar-refractivity contribution in [1.82, 2.24) is 0 Å². The van der Waals surface area contributed by atoms with Gasteiger partial charge >= 0.3 is 11.9 Å². The van der Waals surface area contributed by atoms with Crippen molar-refractivity contribution in [3.05, 3.63) is 181 Å². The highest BCUT2D eigenvalue weighted by Gasteiger charge is 2.18. The number of ether oxygens (including phenoxy) is 1. The molecule has 0 aromatic heterocycles. The van der Waals surface area contributed by atoms with Crippen LogP contribution in [0.3, 0.4) is 0 Å². The van der Waals surface area contributed by atoms with Crippen LogP contribution >= 0.6 is 0 Å². The SMILES string of the molecule is O=C(OC(=O)c1ccc(N(c2ccccc2)c2ccccc2)cc1)c1ccc(N(c2ccccc2)c2ccccc2)cc1. The first-order chi connectivity index (χ1) is 21.2.